The Labute approximate surface area is 164 Å². The highest BCUT2D eigenvalue weighted by molar-refractivity contribution is 7.12. The van der Waals surface area contributed by atoms with E-state index in [1.807, 2.05) is 29.6 Å². The third-order valence-electron chi connectivity index (χ3n) is 5.00. The molecule has 1 amide bonds. The van der Waals surface area contributed by atoms with Crippen molar-refractivity contribution in [3.63, 3.8) is 0 Å². The highest BCUT2D eigenvalue weighted by atomic mass is 32.1. The number of piperazine rings is 1. The van der Waals surface area contributed by atoms with Crippen molar-refractivity contribution < 1.29 is 9.69 Å². The van der Waals surface area contributed by atoms with Crippen LogP contribution in [0.2, 0.25) is 0 Å². The van der Waals surface area contributed by atoms with E-state index in [1.54, 1.807) is 4.90 Å². The first-order chi connectivity index (χ1) is 13.3. The molecule has 3 aromatic rings. The molecule has 1 saturated heterocycles. The second-order valence-corrected chi connectivity index (χ2v) is 7.83. The van der Waals surface area contributed by atoms with E-state index in [0.717, 1.165) is 43.3 Å². The minimum absolute atomic E-state index is 0.0455. The maximum Gasteiger partial charge on any atom is 0.265 e. The average Bonchev–Trinajstić information content (AvgIpc) is 3.25. The number of rotatable bonds is 5. The number of amides is 1. The molecule has 1 aliphatic rings. The van der Waals surface area contributed by atoms with E-state index in [1.165, 1.54) is 22.6 Å². The predicted octanol–water partition coefficient (Wildman–Crippen LogP) is 2.91. The lowest BCUT2D eigenvalue weighted by Crippen LogP contribution is -3.13. The SMILES string of the molecule is O=C(Nc1ccc(N2CC[NH+](Cc3ccccc3)CC2)cc1)c1cccs1. The smallest absolute Gasteiger partial charge is 0.265 e. The maximum absolute atomic E-state index is 12.1. The van der Waals surface area contributed by atoms with E-state index < -0.39 is 0 Å². The number of carbonyl (C=O) groups excluding carboxylic acids is 1. The topological polar surface area (TPSA) is 36.8 Å². The van der Waals surface area contributed by atoms with Crippen molar-refractivity contribution in [2.45, 2.75) is 6.54 Å². The number of carbonyl (C=O) groups is 1. The fourth-order valence-corrected chi connectivity index (χ4v) is 4.12. The van der Waals surface area contributed by atoms with Crippen LogP contribution in [0.15, 0.2) is 72.1 Å². The molecule has 5 heteroatoms. The van der Waals surface area contributed by atoms with Crippen molar-refractivity contribution in [1.82, 2.24) is 0 Å². The molecule has 2 N–H and O–H groups in total. The van der Waals surface area contributed by atoms with Gasteiger partial charge in [-0.2, -0.15) is 0 Å². The summed E-state index contributed by atoms with van der Waals surface area (Å²) in [6, 6.07) is 22.6. The molecule has 0 saturated carbocycles. The van der Waals surface area contributed by atoms with Crippen LogP contribution >= 0.6 is 11.3 Å². The molecule has 138 valence electrons. The Morgan fingerprint density at radius 2 is 1.70 bits per heavy atom. The highest BCUT2D eigenvalue weighted by Crippen LogP contribution is 2.19. The molecule has 1 aliphatic heterocycles. The quantitative estimate of drug-likeness (QED) is 0.716. The van der Waals surface area contributed by atoms with Crippen LogP contribution < -0.4 is 15.1 Å². The minimum Gasteiger partial charge on any atom is -0.360 e. The number of benzene rings is 2. The van der Waals surface area contributed by atoms with Gasteiger partial charge in [-0.15, -0.1) is 11.3 Å². The van der Waals surface area contributed by atoms with Gasteiger partial charge in [-0.3, -0.25) is 4.79 Å². The van der Waals surface area contributed by atoms with Crippen LogP contribution in [0, 0.1) is 0 Å². The molecular formula is C22H24N3OS+. The van der Waals surface area contributed by atoms with Crippen LogP contribution in [-0.4, -0.2) is 32.1 Å². The van der Waals surface area contributed by atoms with Gasteiger partial charge < -0.3 is 15.1 Å². The number of hydrogen-bond donors (Lipinski definition) is 2. The van der Waals surface area contributed by atoms with Gasteiger partial charge in [-0.05, 0) is 35.7 Å². The third-order valence-corrected chi connectivity index (χ3v) is 5.87. The number of nitrogens with one attached hydrogen (secondary N) is 2. The normalized spacial score (nSPS) is 14.9. The van der Waals surface area contributed by atoms with Crippen molar-refractivity contribution in [1.29, 1.82) is 0 Å². The molecule has 0 atom stereocenters. The molecule has 2 aromatic carbocycles. The Hall–Kier alpha value is -2.63. The first kappa shape index (κ1) is 17.8. The second-order valence-electron chi connectivity index (χ2n) is 6.88. The lowest BCUT2D eigenvalue weighted by molar-refractivity contribution is -0.914. The van der Waals surface area contributed by atoms with Gasteiger partial charge in [0.05, 0.1) is 31.1 Å². The van der Waals surface area contributed by atoms with Crippen molar-refractivity contribution in [2.24, 2.45) is 0 Å². The van der Waals surface area contributed by atoms with Crippen LogP contribution in [0.25, 0.3) is 0 Å². The second kappa shape index (κ2) is 8.37. The highest BCUT2D eigenvalue weighted by Gasteiger charge is 2.20. The molecular weight excluding hydrogens is 354 g/mol. The van der Waals surface area contributed by atoms with Crippen molar-refractivity contribution in [3.05, 3.63) is 82.6 Å². The average molecular weight is 379 g/mol. The summed E-state index contributed by atoms with van der Waals surface area (Å²) in [6.45, 7) is 5.51. The summed E-state index contributed by atoms with van der Waals surface area (Å²) in [5.41, 5.74) is 3.47. The number of thiophene rings is 1. The monoisotopic (exact) mass is 378 g/mol. The fraction of sp³-hybridized carbons (Fsp3) is 0.227. The summed E-state index contributed by atoms with van der Waals surface area (Å²) in [7, 11) is 0. The Balaban J connectivity index is 1.30. The molecule has 0 spiro atoms. The molecule has 1 aromatic heterocycles. The first-order valence-corrected chi connectivity index (χ1v) is 10.2. The predicted molar refractivity (Wildman–Crippen MR) is 112 cm³/mol. The molecule has 0 radical (unpaired) electrons. The van der Waals surface area contributed by atoms with E-state index in [0.29, 0.717) is 0 Å². The van der Waals surface area contributed by atoms with E-state index >= 15 is 0 Å². The molecule has 0 aliphatic carbocycles. The van der Waals surface area contributed by atoms with Crippen LogP contribution in [-0.2, 0) is 6.54 Å². The van der Waals surface area contributed by atoms with Gasteiger partial charge in [0, 0.05) is 16.9 Å². The minimum atomic E-state index is -0.0455. The van der Waals surface area contributed by atoms with Gasteiger partial charge >= 0.3 is 0 Å². The molecule has 1 fully saturated rings. The van der Waals surface area contributed by atoms with Gasteiger partial charge in [0.2, 0.25) is 0 Å². The molecule has 4 nitrogen and oxygen atoms in total. The Bertz CT molecular complexity index is 854. The number of hydrogen-bond acceptors (Lipinski definition) is 3. The maximum atomic E-state index is 12.1. The van der Waals surface area contributed by atoms with E-state index in [4.69, 9.17) is 0 Å². The number of nitrogens with zero attached hydrogens (tertiary/aromatic N) is 1. The zero-order chi connectivity index (χ0) is 18.5. The van der Waals surface area contributed by atoms with Crippen molar-refractivity contribution in [3.8, 4) is 0 Å². The van der Waals surface area contributed by atoms with Crippen LogP contribution in [0.4, 0.5) is 11.4 Å². The van der Waals surface area contributed by atoms with Gasteiger partial charge in [0.25, 0.3) is 5.91 Å². The standard InChI is InChI=1S/C22H23N3OS/c26-22(21-7-4-16-27-21)23-19-8-10-20(11-9-19)25-14-12-24(13-15-25)17-18-5-2-1-3-6-18/h1-11,16H,12-15,17H2,(H,23,26)/p+1. The molecule has 2 heterocycles. The summed E-state index contributed by atoms with van der Waals surface area (Å²) >= 11 is 1.45. The van der Waals surface area contributed by atoms with E-state index in [9.17, 15) is 4.79 Å². The molecule has 0 bridgehead atoms. The van der Waals surface area contributed by atoms with Gasteiger partial charge in [-0.1, -0.05) is 36.4 Å². The van der Waals surface area contributed by atoms with Gasteiger partial charge in [0.15, 0.2) is 0 Å². The summed E-state index contributed by atoms with van der Waals surface area (Å²) in [6.07, 6.45) is 0. The lowest BCUT2D eigenvalue weighted by atomic mass is 10.2. The summed E-state index contributed by atoms with van der Waals surface area (Å²) in [4.78, 5) is 16.9. The Kier molecular flexibility index (Phi) is 5.51. The summed E-state index contributed by atoms with van der Waals surface area (Å²) in [5.74, 6) is -0.0455. The molecule has 27 heavy (non-hydrogen) atoms. The van der Waals surface area contributed by atoms with Gasteiger partial charge in [0.1, 0.15) is 6.54 Å². The number of quaternary nitrogens is 1. The fourth-order valence-electron chi connectivity index (χ4n) is 3.50. The van der Waals surface area contributed by atoms with Gasteiger partial charge in [-0.25, -0.2) is 0 Å². The first-order valence-electron chi connectivity index (χ1n) is 9.35. The molecule has 4 rings (SSSR count). The van der Waals surface area contributed by atoms with E-state index in [2.05, 4.69) is 52.7 Å². The largest absolute Gasteiger partial charge is 0.360 e. The van der Waals surface area contributed by atoms with Crippen molar-refractivity contribution in [2.75, 3.05) is 36.4 Å². The lowest BCUT2D eigenvalue weighted by Gasteiger charge is -2.33. The number of anilines is 2. The van der Waals surface area contributed by atoms with Crippen LogP contribution in [0.3, 0.4) is 0 Å². The van der Waals surface area contributed by atoms with Crippen molar-refractivity contribution >= 4 is 28.6 Å². The van der Waals surface area contributed by atoms with E-state index in [-0.39, 0.29) is 5.91 Å². The zero-order valence-corrected chi connectivity index (χ0v) is 16.0. The van der Waals surface area contributed by atoms with Crippen LogP contribution in [0.1, 0.15) is 15.2 Å². The summed E-state index contributed by atoms with van der Waals surface area (Å²) in [5, 5.41) is 4.87. The zero-order valence-electron chi connectivity index (χ0n) is 15.2. The Morgan fingerprint density at radius 1 is 0.963 bits per heavy atom. The Morgan fingerprint density at radius 3 is 2.37 bits per heavy atom. The summed E-state index contributed by atoms with van der Waals surface area (Å²) < 4.78 is 0. The third kappa shape index (κ3) is 4.56. The van der Waals surface area contributed by atoms with Crippen LogP contribution in [0.5, 0.6) is 0 Å². The molecule has 0 unspecified atom stereocenters.